The van der Waals surface area contributed by atoms with Gasteiger partial charge in [0.15, 0.2) is 5.76 Å². The molecule has 2 aromatic heterocycles. The van der Waals surface area contributed by atoms with Gasteiger partial charge >= 0.3 is 0 Å². The van der Waals surface area contributed by atoms with Gasteiger partial charge in [-0.2, -0.15) is 0 Å². The molecule has 0 saturated heterocycles. The lowest BCUT2D eigenvalue weighted by Crippen LogP contribution is -2.17. The number of hydrogen-bond donors (Lipinski definition) is 2. The zero-order valence-electron chi connectivity index (χ0n) is 13.6. The van der Waals surface area contributed by atoms with Gasteiger partial charge in [-0.05, 0) is 43.2 Å². The van der Waals surface area contributed by atoms with Crippen LogP contribution in [0.1, 0.15) is 11.1 Å². The Morgan fingerprint density at radius 3 is 2.88 bits per heavy atom. The highest BCUT2D eigenvalue weighted by atomic mass is 35.5. The average molecular weight is 378 g/mol. The quantitative estimate of drug-likeness (QED) is 0.523. The number of thioether (sulfide) groups is 1. The van der Waals surface area contributed by atoms with Gasteiger partial charge in [-0.3, -0.25) is 4.79 Å². The first-order valence-corrected chi connectivity index (χ1v) is 8.76. The number of nitrogens with zero attached hydrogens (tertiary/aromatic N) is 3. The normalized spacial score (nSPS) is 10.8. The Morgan fingerprint density at radius 1 is 1.40 bits per heavy atom. The summed E-state index contributed by atoms with van der Waals surface area (Å²) < 4.78 is 6.54. The van der Waals surface area contributed by atoms with Gasteiger partial charge in [-0.1, -0.05) is 29.4 Å². The molecule has 2 heterocycles. The number of nitrogens with two attached hydrogens (primary N) is 1. The number of nitrogens with one attached hydrogen (secondary N) is 1. The minimum absolute atomic E-state index is 0.122. The molecule has 0 atom stereocenters. The number of benzene rings is 1. The first-order chi connectivity index (χ1) is 12.0. The SMILES string of the molecule is Cc1cc(C)c(NC(=O)CSc2nnc(-c3ccco3)n2N)c(Cl)c1. The molecule has 1 amide bonds. The second kappa shape index (κ2) is 7.20. The van der Waals surface area contributed by atoms with Gasteiger partial charge in [-0.15, -0.1) is 10.2 Å². The molecule has 9 heteroatoms. The molecule has 0 aliphatic carbocycles. The van der Waals surface area contributed by atoms with E-state index in [0.717, 1.165) is 11.1 Å². The standard InChI is InChI=1S/C16H16ClN5O2S/c1-9-6-10(2)14(11(17)7-9)19-13(23)8-25-16-21-20-15(22(16)18)12-4-3-5-24-12/h3-7H,8,18H2,1-2H3,(H,19,23). The number of rotatable bonds is 5. The van der Waals surface area contributed by atoms with Gasteiger partial charge in [0.05, 0.1) is 22.7 Å². The second-order valence-electron chi connectivity index (χ2n) is 5.43. The van der Waals surface area contributed by atoms with Gasteiger partial charge < -0.3 is 15.6 Å². The second-order valence-corrected chi connectivity index (χ2v) is 6.78. The van der Waals surface area contributed by atoms with Crippen LogP contribution in [0.3, 0.4) is 0 Å². The van der Waals surface area contributed by atoms with E-state index in [1.54, 1.807) is 12.1 Å². The number of carbonyl (C=O) groups excluding carboxylic acids is 1. The van der Waals surface area contributed by atoms with Crippen molar-refractivity contribution in [3.05, 3.63) is 46.7 Å². The number of amides is 1. The number of nitrogen functional groups attached to an aromatic ring is 1. The fourth-order valence-corrected chi connectivity index (χ4v) is 3.35. The van der Waals surface area contributed by atoms with Crippen LogP contribution in [0.4, 0.5) is 5.69 Å². The minimum Gasteiger partial charge on any atom is -0.461 e. The van der Waals surface area contributed by atoms with Crippen LogP contribution in [0.2, 0.25) is 5.02 Å². The summed E-state index contributed by atoms with van der Waals surface area (Å²) in [4.78, 5) is 12.2. The minimum atomic E-state index is -0.207. The van der Waals surface area contributed by atoms with Crippen LogP contribution in [0.5, 0.6) is 0 Å². The van der Waals surface area contributed by atoms with Gasteiger partial charge in [0.1, 0.15) is 0 Å². The lowest BCUT2D eigenvalue weighted by Gasteiger charge is -2.11. The summed E-state index contributed by atoms with van der Waals surface area (Å²) in [6.45, 7) is 3.85. The zero-order valence-corrected chi connectivity index (χ0v) is 15.2. The van der Waals surface area contributed by atoms with E-state index in [1.165, 1.54) is 22.7 Å². The first kappa shape index (κ1) is 17.4. The number of halogens is 1. The number of furan rings is 1. The molecular formula is C16H16ClN5O2S. The topological polar surface area (TPSA) is 99.0 Å². The Labute approximate surface area is 153 Å². The van der Waals surface area contributed by atoms with E-state index < -0.39 is 0 Å². The van der Waals surface area contributed by atoms with Crippen molar-refractivity contribution in [1.29, 1.82) is 0 Å². The number of hydrogen-bond acceptors (Lipinski definition) is 6. The van der Waals surface area contributed by atoms with Crippen LogP contribution >= 0.6 is 23.4 Å². The first-order valence-electron chi connectivity index (χ1n) is 7.39. The van der Waals surface area contributed by atoms with Crippen molar-refractivity contribution >= 4 is 35.0 Å². The summed E-state index contributed by atoms with van der Waals surface area (Å²) >= 11 is 7.38. The molecule has 7 nitrogen and oxygen atoms in total. The van der Waals surface area contributed by atoms with Crippen molar-refractivity contribution in [2.45, 2.75) is 19.0 Å². The lowest BCUT2D eigenvalue weighted by molar-refractivity contribution is -0.113. The lowest BCUT2D eigenvalue weighted by atomic mass is 10.1. The third kappa shape index (κ3) is 3.80. The molecule has 0 bridgehead atoms. The molecule has 0 aliphatic rings. The summed E-state index contributed by atoms with van der Waals surface area (Å²) in [7, 11) is 0. The van der Waals surface area contributed by atoms with Crippen molar-refractivity contribution < 1.29 is 9.21 Å². The summed E-state index contributed by atoms with van der Waals surface area (Å²) in [5, 5.41) is 11.7. The molecule has 0 fully saturated rings. The Kier molecular flexibility index (Phi) is 5.00. The van der Waals surface area contributed by atoms with E-state index in [1.807, 2.05) is 26.0 Å². The predicted octanol–water partition coefficient (Wildman–Crippen LogP) is 3.25. The van der Waals surface area contributed by atoms with E-state index in [0.29, 0.717) is 27.5 Å². The number of carbonyl (C=O) groups is 1. The average Bonchev–Trinajstić information content (AvgIpc) is 3.18. The Hall–Kier alpha value is -2.45. The van der Waals surface area contributed by atoms with E-state index in [4.69, 9.17) is 21.9 Å². The molecule has 3 rings (SSSR count). The Balaban J connectivity index is 1.66. The summed E-state index contributed by atoms with van der Waals surface area (Å²) in [5.74, 6) is 6.77. The molecule has 0 unspecified atom stereocenters. The molecule has 3 N–H and O–H groups in total. The van der Waals surface area contributed by atoms with Crippen molar-refractivity contribution in [2.24, 2.45) is 0 Å². The Bertz CT molecular complexity index is 884. The van der Waals surface area contributed by atoms with E-state index in [9.17, 15) is 4.79 Å². The number of aromatic nitrogens is 3. The summed E-state index contributed by atoms with van der Waals surface area (Å²) in [6, 6.07) is 7.23. The molecule has 1 aromatic carbocycles. The molecular weight excluding hydrogens is 362 g/mol. The van der Waals surface area contributed by atoms with Gasteiger partial charge in [0.25, 0.3) is 0 Å². The van der Waals surface area contributed by atoms with Gasteiger partial charge in [0, 0.05) is 0 Å². The fourth-order valence-electron chi connectivity index (χ4n) is 2.33. The van der Waals surface area contributed by atoms with Crippen molar-refractivity contribution in [1.82, 2.24) is 14.9 Å². The molecule has 0 aliphatic heterocycles. The molecule has 0 radical (unpaired) electrons. The highest BCUT2D eigenvalue weighted by Crippen LogP contribution is 2.28. The largest absolute Gasteiger partial charge is 0.461 e. The highest BCUT2D eigenvalue weighted by molar-refractivity contribution is 7.99. The molecule has 0 spiro atoms. The van der Waals surface area contributed by atoms with Crippen molar-refractivity contribution in [2.75, 3.05) is 16.9 Å². The third-order valence-electron chi connectivity index (χ3n) is 3.43. The van der Waals surface area contributed by atoms with Crippen LogP contribution in [-0.2, 0) is 4.79 Å². The Morgan fingerprint density at radius 2 is 2.20 bits per heavy atom. The fraction of sp³-hybridized carbons (Fsp3) is 0.188. The summed E-state index contributed by atoms with van der Waals surface area (Å²) in [6.07, 6.45) is 1.53. The molecule has 130 valence electrons. The maximum atomic E-state index is 12.2. The smallest absolute Gasteiger partial charge is 0.234 e. The highest BCUT2D eigenvalue weighted by Gasteiger charge is 2.16. The number of aryl methyl sites for hydroxylation is 2. The molecule has 25 heavy (non-hydrogen) atoms. The van der Waals surface area contributed by atoms with Gasteiger partial charge in [0.2, 0.25) is 16.9 Å². The molecule has 3 aromatic rings. The van der Waals surface area contributed by atoms with Gasteiger partial charge in [-0.25, -0.2) is 4.68 Å². The van der Waals surface area contributed by atoms with Crippen molar-refractivity contribution in [3.63, 3.8) is 0 Å². The van der Waals surface area contributed by atoms with E-state index in [-0.39, 0.29) is 11.7 Å². The van der Waals surface area contributed by atoms with E-state index >= 15 is 0 Å². The maximum absolute atomic E-state index is 12.2. The third-order valence-corrected chi connectivity index (χ3v) is 4.68. The van der Waals surface area contributed by atoms with Crippen LogP contribution in [0, 0.1) is 13.8 Å². The zero-order chi connectivity index (χ0) is 18.0. The van der Waals surface area contributed by atoms with Crippen LogP contribution in [0.15, 0.2) is 40.1 Å². The number of anilines is 1. The molecule has 0 saturated carbocycles. The van der Waals surface area contributed by atoms with E-state index in [2.05, 4.69) is 15.5 Å². The van der Waals surface area contributed by atoms with Crippen LogP contribution in [0.25, 0.3) is 11.6 Å². The van der Waals surface area contributed by atoms with Crippen LogP contribution in [-0.4, -0.2) is 26.5 Å². The predicted molar refractivity (Wildman–Crippen MR) is 98.2 cm³/mol. The monoisotopic (exact) mass is 377 g/mol. The summed E-state index contributed by atoms with van der Waals surface area (Å²) in [5.41, 5.74) is 2.56. The maximum Gasteiger partial charge on any atom is 0.234 e. The van der Waals surface area contributed by atoms with Crippen molar-refractivity contribution in [3.8, 4) is 11.6 Å². The van der Waals surface area contributed by atoms with Crippen LogP contribution < -0.4 is 11.2 Å².